The van der Waals surface area contributed by atoms with Gasteiger partial charge in [0.05, 0.1) is 5.51 Å². The second-order valence-corrected chi connectivity index (χ2v) is 9.35. The van der Waals surface area contributed by atoms with Gasteiger partial charge >= 0.3 is 12.1 Å². The van der Waals surface area contributed by atoms with Crippen LogP contribution in [0.15, 0.2) is 60.2 Å². The van der Waals surface area contributed by atoms with Crippen LogP contribution in [0.2, 0.25) is 0 Å². The van der Waals surface area contributed by atoms with Gasteiger partial charge in [-0.2, -0.15) is 0 Å². The van der Waals surface area contributed by atoms with Crippen molar-refractivity contribution in [1.29, 1.82) is 0 Å². The Bertz CT molecular complexity index is 1150. The zero-order valence-corrected chi connectivity index (χ0v) is 20.1. The number of fused-ring (bicyclic) bond motifs is 3. The highest BCUT2D eigenvalue weighted by Crippen LogP contribution is 2.44. The number of alkyl carbamates (subject to hydrolysis) is 1. The highest BCUT2D eigenvalue weighted by Gasteiger charge is 2.30. The number of carbonyl (C=O) groups excluding carboxylic acids is 2. The highest BCUT2D eigenvalue weighted by atomic mass is 32.1. The molecule has 0 bridgehead atoms. The van der Waals surface area contributed by atoms with Gasteiger partial charge in [0, 0.05) is 23.4 Å². The van der Waals surface area contributed by atoms with Gasteiger partial charge in [-0.1, -0.05) is 61.9 Å². The molecule has 1 heterocycles. The van der Waals surface area contributed by atoms with Crippen LogP contribution in [0.25, 0.3) is 11.1 Å². The first-order valence-corrected chi connectivity index (χ1v) is 12.4. The standard InChI is InChI=1S/C26H27N3O5S/c1-2-7-22(24(30)28-23(25(31)32)12-16-13-27-15-35-16)29-26(33)34-14-21-19-10-5-3-8-17(19)18-9-4-6-11-20(18)21/h3-6,8-11,13,15,21-23H,2,7,12,14H2,1H3,(H,28,30)(H,29,33)(H,31,32)/t22-,23?/m0/s1. The molecule has 1 aliphatic rings. The molecular formula is C26H27N3O5S. The Labute approximate surface area is 207 Å². The summed E-state index contributed by atoms with van der Waals surface area (Å²) >= 11 is 1.32. The van der Waals surface area contributed by atoms with Gasteiger partial charge in [0.1, 0.15) is 18.7 Å². The summed E-state index contributed by atoms with van der Waals surface area (Å²) in [5.41, 5.74) is 6.05. The molecule has 9 heteroatoms. The molecule has 0 fully saturated rings. The Kier molecular flexibility index (Phi) is 7.77. The van der Waals surface area contributed by atoms with E-state index >= 15 is 0 Å². The number of benzene rings is 2. The minimum Gasteiger partial charge on any atom is -0.480 e. The Balaban J connectivity index is 1.38. The first kappa shape index (κ1) is 24.4. The highest BCUT2D eigenvalue weighted by molar-refractivity contribution is 7.09. The van der Waals surface area contributed by atoms with E-state index in [0.717, 1.165) is 27.1 Å². The van der Waals surface area contributed by atoms with E-state index in [0.29, 0.717) is 12.8 Å². The predicted molar refractivity (Wildman–Crippen MR) is 132 cm³/mol. The number of carbonyl (C=O) groups is 3. The minimum absolute atomic E-state index is 0.0950. The molecule has 0 spiro atoms. The van der Waals surface area contributed by atoms with Crippen molar-refractivity contribution < 1.29 is 24.2 Å². The molecule has 35 heavy (non-hydrogen) atoms. The zero-order valence-electron chi connectivity index (χ0n) is 19.3. The molecule has 0 radical (unpaired) electrons. The van der Waals surface area contributed by atoms with Crippen LogP contribution >= 0.6 is 11.3 Å². The number of aromatic nitrogens is 1. The monoisotopic (exact) mass is 493 g/mol. The van der Waals surface area contributed by atoms with Gasteiger partial charge in [-0.15, -0.1) is 11.3 Å². The number of amides is 2. The molecule has 0 aliphatic heterocycles. The molecule has 2 amide bonds. The third-order valence-corrected chi connectivity index (χ3v) is 6.83. The van der Waals surface area contributed by atoms with Crippen molar-refractivity contribution in [3.8, 4) is 11.1 Å². The van der Waals surface area contributed by atoms with E-state index in [1.54, 1.807) is 11.7 Å². The summed E-state index contributed by atoms with van der Waals surface area (Å²) in [5, 5.41) is 14.7. The van der Waals surface area contributed by atoms with Crippen molar-refractivity contribution in [2.45, 2.75) is 44.2 Å². The minimum atomic E-state index is -1.15. The first-order chi connectivity index (χ1) is 17.0. The zero-order chi connectivity index (χ0) is 24.8. The van der Waals surface area contributed by atoms with Crippen LogP contribution < -0.4 is 10.6 Å². The Hall–Kier alpha value is -3.72. The molecule has 3 N–H and O–H groups in total. The number of hydrogen-bond acceptors (Lipinski definition) is 6. The number of nitrogens with zero attached hydrogens (tertiary/aromatic N) is 1. The van der Waals surface area contributed by atoms with Crippen LogP contribution in [-0.2, 0) is 20.7 Å². The van der Waals surface area contributed by atoms with Gasteiger partial charge in [-0.3, -0.25) is 9.78 Å². The summed E-state index contributed by atoms with van der Waals surface area (Å²) in [4.78, 5) is 41.9. The molecule has 2 atom stereocenters. The van der Waals surface area contributed by atoms with Crippen LogP contribution in [0.5, 0.6) is 0 Å². The fraction of sp³-hybridized carbons (Fsp3) is 0.308. The summed E-state index contributed by atoms with van der Waals surface area (Å²) < 4.78 is 5.55. The molecular weight excluding hydrogens is 466 g/mol. The van der Waals surface area contributed by atoms with E-state index in [1.807, 2.05) is 43.3 Å². The molecule has 4 rings (SSSR count). The fourth-order valence-electron chi connectivity index (χ4n) is 4.36. The quantitative estimate of drug-likeness (QED) is 0.394. The average Bonchev–Trinajstić information content (AvgIpc) is 3.48. The lowest BCUT2D eigenvalue weighted by Crippen LogP contribution is -2.52. The number of nitrogens with one attached hydrogen (secondary N) is 2. The Morgan fingerprint density at radius 3 is 2.26 bits per heavy atom. The summed E-state index contributed by atoms with van der Waals surface area (Å²) in [6.07, 6.45) is 1.95. The van der Waals surface area contributed by atoms with E-state index < -0.39 is 30.1 Å². The molecule has 0 saturated heterocycles. The number of thiazole rings is 1. The lowest BCUT2D eigenvalue weighted by atomic mass is 9.98. The summed E-state index contributed by atoms with van der Waals surface area (Å²) in [6, 6.07) is 14.0. The van der Waals surface area contributed by atoms with E-state index in [1.165, 1.54) is 11.3 Å². The van der Waals surface area contributed by atoms with E-state index in [2.05, 4.69) is 27.8 Å². The molecule has 182 valence electrons. The van der Waals surface area contributed by atoms with Gasteiger partial charge in [-0.05, 0) is 28.7 Å². The van der Waals surface area contributed by atoms with Gasteiger partial charge in [0.2, 0.25) is 5.91 Å². The Morgan fingerprint density at radius 2 is 1.69 bits per heavy atom. The summed E-state index contributed by atoms with van der Waals surface area (Å²) in [5.74, 6) is -1.80. The molecule has 1 aromatic heterocycles. The smallest absolute Gasteiger partial charge is 0.407 e. The van der Waals surface area contributed by atoms with Gasteiger partial charge < -0.3 is 20.5 Å². The predicted octanol–water partition coefficient (Wildman–Crippen LogP) is 3.96. The number of carboxylic acid groups (broad SMARTS) is 1. The molecule has 3 aromatic rings. The summed E-state index contributed by atoms with van der Waals surface area (Å²) in [6.45, 7) is 2.01. The molecule has 2 aromatic carbocycles. The third-order valence-electron chi connectivity index (χ3n) is 6.03. The van der Waals surface area contributed by atoms with Gasteiger partial charge in [0.15, 0.2) is 0 Å². The molecule has 0 saturated carbocycles. The number of rotatable bonds is 10. The normalized spacial score (nSPS) is 13.9. The second kappa shape index (κ2) is 11.1. The maximum absolute atomic E-state index is 12.8. The van der Waals surface area contributed by atoms with Crippen LogP contribution in [0.1, 0.15) is 41.7 Å². The number of aliphatic carboxylic acids is 1. The van der Waals surface area contributed by atoms with Gasteiger partial charge in [-0.25, -0.2) is 9.59 Å². The van der Waals surface area contributed by atoms with Crippen molar-refractivity contribution in [3.63, 3.8) is 0 Å². The van der Waals surface area contributed by atoms with Crippen molar-refractivity contribution in [3.05, 3.63) is 76.2 Å². The SMILES string of the molecule is CCC[C@H](NC(=O)OCC1c2ccccc2-c2ccccc21)C(=O)NC(Cc1cncs1)C(=O)O. The van der Waals surface area contributed by atoms with Crippen molar-refractivity contribution >= 4 is 29.3 Å². The van der Waals surface area contributed by atoms with E-state index in [4.69, 9.17) is 4.74 Å². The molecule has 1 unspecified atom stereocenters. The van der Waals surface area contributed by atoms with Crippen molar-refractivity contribution in [2.75, 3.05) is 6.61 Å². The van der Waals surface area contributed by atoms with Crippen LogP contribution in [-0.4, -0.2) is 46.8 Å². The summed E-state index contributed by atoms with van der Waals surface area (Å²) in [7, 11) is 0. The lowest BCUT2D eigenvalue weighted by molar-refractivity contribution is -0.142. The third kappa shape index (κ3) is 5.68. The molecule has 8 nitrogen and oxygen atoms in total. The maximum atomic E-state index is 12.8. The molecule has 1 aliphatic carbocycles. The Morgan fingerprint density at radius 1 is 1.03 bits per heavy atom. The van der Waals surface area contributed by atoms with Gasteiger partial charge in [0.25, 0.3) is 0 Å². The first-order valence-electron chi connectivity index (χ1n) is 11.5. The largest absolute Gasteiger partial charge is 0.480 e. The topological polar surface area (TPSA) is 118 Å². The van der Waals surface area contributed by atoms with Crippen molar-refractivity contribution in [2.24, 2.45) is 0 Å². The maximum Gasteiger partial charge on any atom is 0.407 e. The lowest BCUT2D eigenvalue weighted by Gasteiger charge is -2.21. The average molecular weight is 494 g/mol. The number of hydrogen-bond donors (Lipinski definition) is 3. The fourth-order valence-corrected chi connectivity index (χ4v) is 5.00. The van der Waals surface area contributed by atoms with Crippen LogP contribution in [0, 0.1) is 0 Å². The van der Waals surface area contributed by atoms with E-state index in [9.17, 15) is 19.5 Å². The van der Waals surface area contributed by atoms with E-state index in [-0.39, 0.29) is 18.9 Å². The second-order valence-electron chi connectivity index (χ2n) is 8.38. The number of ether oxygens (including phenoxy) is 1. The number of carboxylic acids is 1. The van der Waals surface area contributed by atoms with Crippen molar-refractivity contribution in [1.82, 2.24) is 15.6 Å². The van der Waals surface area contributed by atoms with Crippen LogP contribution in [0.3, 0.4) is 0 Å². The van der Waals surface area contributed by atoms with Crippen LogP contribution in [0.4, 0.5) is 4.79 Å².